The van der Waals surface area contributed by atoms with Gasteiger partial charge in [-0.15, -0.1) is 0 Å². The summed E-state index contributed by atoms with van der Waals surface area (Å²) in [5, 5.41) is 6.12. The lowest BCUT2D eigenvalue weighted by Gasteiger charge is -2.11. The lowest BCUT2D eigenvalue weighted by Crippen LogP contribution is -2.16. The summed E-state index contributed by atoms with van der Waals surface area (Å²) in [5.74, 6) is 0.201. The highest BCUT2D eigenvalue weighted by Gasteiger charge is 2.12. The standard InChI is InChI=1S/C21H22N4O/c1-14-9-10-15(2)18(11-14)24-20(26)19-12-16(3)23-21(25-19)22-13-17-7-5-4-6-8-17/h4-12H,13H2,1-3H3,(H,24,26)(H,22,23,25). The summed E-state index contributed by atoms with van der Waals surface area (Å²) in [6.45, 7) is 6.41. The molecule has 2 aromatic carbocycles. The van der Waals surface area contributed by atoms with E-state index < -0.39 is 0 Å². The first kappa shape index (κ1) is 17.6. The highest BCUT2D eigenvalue weighted by Crippen LogP contribution is 2.17. The molecule has 1 heterocycles. The van der Waals surface area contributed by atoms with Crippen LogP contribution in [0.3, 0.4) is 0 Å². The Hall–Kier alpha value is -3.21. The number of carbonyl (C=O) groups is 1. The number of nitrogens with zero attached hydrogens (tertiary/aromatic N) is 2. The predicted octanol–water partition coefficient (Wildman–Crippen LogP) is 4.27. The van der Waals surface area contributed by atoms with E-state index in [-0.39, 0.29) is 5.91 Å². The zero-order chi connectivity index (χ0) is 18.5. The van der Waals surface area contributed by atoms with Crippen molar-refractivity contribution in [2.24, 2.45) is 0 Å². The number of hydrogen-bond donors (Lipinski definition) is 2. The van der Waals surface area contributed by atoms with Crippen LogP contribution in [-0.4, -0.2) is 15.9 Å². The summed E-state index contributed by atoms with van der Waals surface area (Å²) in [7, 11) is 0. The first-order valence-electron chi connectivity index (χ1n) is 8.53. The maximum Gasteiger partial charge on any atom is 0.274 e. The fraction of sp³-hybridized carbons (Fsp3) is 0.190. The molecular formula is C21H22N4O. The third kappa shape index (κ3) is 4.45. The van der Waals surface area contributed by atoms with Crippen molar-refractivity contribution >= 4 is 17.5 Å². The van der Waals surface area contributed by atoms with Crippen molar-refractivity contribution in [3.63, 3.8) is 0 Å². The first-order valence-corrected chi connectivity index (χ1v) is 8.53. The highest BCUT2D eigenvalue weighted by atomic mass is 16.1. The van der Waals surface area contributed by atoms with Crippen LogP contribution in [0.2, 0.25) is 0 Å². The fourth-order valence-electron chi connectivity index (χ4n) is 2.60. The minimum absolute atomic E-state index is 0.244. The molecule has 0 spiro atoms. The topological polar surface area (TPSA) is 66.9 Å². The highest BCUT2D eigenvalue weighted by molar-refractivity contribution is 6.03. The Labute approximate surface area is 153 Å². The van der Waals surface area contributed by atoms with Crippen LogP contribution in [0.25, 0.3) is 0 Å². The molecule has 0 radical (unpaired) electrons. The number of aryl methyl sites for hydroxylation is 3. The third-order valence-corrected chi connectivity index (χ3v) is 4.02. The molecule has 0 fully saturated rings. The minimum Gasteiger partial charge on any atom is -0.350 e. The molecule has 0 unspecified atom stereocenters. The van der Waals surface area contributed by atoms with Gasteiger partial charge in [0.25, 0.3) is 5.91 Å². The number of hydrogen-bond acceptors (Lipinski definition) is 4. The van der Waals surface area contributed by atoms with Gasteiger partial charge in [-0.1, -0.05) is 42.5 Å². The molecule has 3 rings (SSSR count). The van der Waals surface area contributed by atoms with E-state index in [9.17, 15) is 4.79 Å². The van der Waals surface area contributed by atoms with E-state index in [0.717, 1.165) is 28.1 Å². The summed E-state index contributed by atoms with van der Waals surface area (Å²) in [6, 6.07) is 17.6. The molecule has 3 aromatic rings. The maximum atomic E-state index is 12.6. The molecule has 132 valence electrons. The summed E-state index contributed by atoms with van der Waals surface area (Å²) >= 11 is 0. The van der Waals surface area contributed by atoms with E-state index >= 15 is 0 Å². The Morgan fingerprint density at radius 1 is 0.962 bits per heavy atom. The Morgan fingerprint density at radius 3 is 2.50 bits per heavy atom. The number of benzene rings is 2. The van der Waals surface area contributed by atoms with E-state index in [4.69, 9.17) is 0 Å². The monoisotopic (exact) mass is 346 g/mol. The molecule has 0 bridgehead atoms. The second kappa shape index (κ2) is 7.78. The molecule has 5 heteroatoms. The Bertz CT molecular complexity index is 923. The van der Waals surface area contributed by atoms with E-state index in [1.807, 2.05) is 69.3 Å². The number of amides is 1. The number of carbonyl (C=O) groups excluding carboxylic acids is 1. The Balaban J connectivity index is 1.76. The van der Waals surface area contributed by atoms with Crippen molar-refractivity contribution in [1.29, 1.82) is 0 Å². The van der Waals surface area contributed by atoms with Gasteiger partial charge in [0, 0.05) is 17.9 Å². The number of aromatic nitrogens is 2. The van der Waals surface area contributed by atoms with Crippen molar-refractivity contribution in [2.45, 2.75) is 27.3 Å². The molecular weight excluding hydrogens is 324 g/mol. The summed E-state index contributed by atoms with van der Waals surface area (Å²) in [4.78, 5) is 21.4. The lowest BCUT2D eigenvalue weighted by atomic mass is 10.1. The van der Waals surface area contributed by atoms with Crippen LogP contribution in [0.15, 0.2) is 54.6 Å². The maximum absolute atomic E-state index is 12.6. The lowest BCUT2D eigenvalue weighted by molar-refractivity contribution is 0.102. The third-order valence-electron chi connectivity index (χ3n) is 4.02. The predicted molar refractivity (Wildman–Crippen MR) is 104 cm³/mol. The van der Waals surface area contributed by atoms with Gasteiger partial charge in [-0.3, -0.25) is 4.79 Å². The molecule has 0 aliphatic heterocycles. The van der Waals surface area contributed by atoms with Gasteiger partial charge in [0.05, 0.1) is 0 Å². The molecule has 0 aliphatic rings. The molecule has 2 N–H and O–H groups in total. The average Bonchev–Trinajstić information content (AvgIpc) is 2.63. The van der Waals surface area contributed by atoms with Crippen LogP contribution >= 0.6 is 0 Å². The molecule has 0 saturated heterocycles. The largest absolute Gasteiger partial charge is 0.350 e. The fourth-order valence-corrected chi connectivity index (χ4v) is 2.60. The van der Waals surface area contributed by atoms with Crippen molar-refractivity contribution in [2.75, 3.05) is 10.6 Å². The van der Waals surface area contributed by atoms with E-state index in [2.05, 4.69) is 20.6 Å². The molecule has 1 aromatic heterocycles. The zero-order valence-electron chi connectivity index (χ0n) is 15.2. The van der Waals surface area contributed by atoms with E-state index in [0.29, 0.717) is 18.2 Å². The molecule has 26 heavy (non-hydrogen) atoms. The van der Waals surface area contributed by atoms with Crippen LogP contribution in [0, 0.1) is 20.8 Å². The quantitative estimate of drug-likeness (QED) is 0.724. The molecule has 0 atom stereocenters. The van der Waals surface area contributed by atoms with Crippen molar-refractivity contribution in [3.05, 3.63) is 82.7 Å². The Morgan fingerprint density at radius 2 is 1.73 bits per heavy atom. The van der Waals surface area contributed by atoms with Crippen LogP contribution in [0.1, 0.15) is 32.9 Å². The molecule has 0 aliphatic carbocycles. The van der Waals surface area contributed by atoms with Gasteiger partial charge in [-0.2, -0.15) is 0 Å². The smallest absolute Gasteiger partial charge is 0.274 e. The van der Waals surface area contributed by atoms with E-state index in [1.54, 1.807) is 6.07 Å². The van der Waals surface area contributed by atoms with Crippen LogP contribution < -0.4 is 10.6 Å². The normalized spacial score (nSPS) is 10.4. The van der Waals surface area contributed by atoms with Gasteiger partial charge in [0.15, 0.2) is 0 Å². The van der Waals surface area contributed by atoms with Crippen LogP contribution in [0.4, 0.5) is 11.6 Å². The van der Waals surface area contributed by atoms with Crippen LogP contribution in [0.5, 0.6) is 0 Å². The Kier molecular flexibility index (Phi) is 5.27. The van der Waals surface area contributed by atoms with Gasteiger partial charge in [0.1, 0.15) is 5.69 Å². The second-order valence-corrected chi connectivity index (χ2v) is 6.33. The van der Waals surface area contributed by atoms with Gasteiger partial charge in [0.2, 0.25) is 5.95 Å². The summed E-state index contributed by atoms with van der Waals surface area (Å²) < 4.78 is 0. The van der Waals surface area contributed by atoms with Gasteiger partial charge < -0.3 is 10.6 Å². The number of nitrogens with one attached hydrogen (secondary N) is 2. The van der Waals surface area contributed by atoms with Crippen molar-refractivity contribution in [3.8, 4) is 0 Å². The second-order valence-electron chi connectivity index (χ2n) is 6.33. The summed E-state index contributed by atoms with van der Waals surface area (Å²) in [5.41, 5.74) is 5.10. The minimum atomic E-state index is -0.244. The van der Waals surface area contributed by atoms with Gasteiger partial charge in [-0.05, 0) is 49.6 Å². The molecule has 1 amide bonds. The SMILES string of the molecule is Cc1ccc(C)c(NC(=O)c2cc(C)nc(NCc3ccccc3)n2)c1. The number of anilines is 2. The average molecular weight is 346 g/mol. The van der Waals surface area contributed by atoms with Crippen LogP contribution in [-0.2, 0) is 6.54 Å². The molecule has 0 saturated carbocycles. The number of rotatable bonds is 5. The zero-order valence-corrected chi connectivity index (χ0v) is 15.2. The van der Waals surface area contributed by atoms with Gasteiger partial charge >= 0.3 is 0 Å². The van der Waals surface area contributed by atoms with E-state index in [1.165, 1.54) is 0 Å². The summed E-state index contributed by atoms with van der Waals surface area (Å²) in [6.07, 6.45) is 0. The van der Waals surface area contributed by atoms with Crippen molar-refractivity contribution in [1.82, 2.24) is 9.97 Å². The molecule has 5 nitrogen and oxygen atoms in total. The van der Waals surface area contributed by atoms with Gasteiger partial charge in [-0.25, -0.2) is 9.97 Å². The first-order chi connectivity index (χ1) is 12.5. The van der Waals surface area contributed by atoms with Crippen molar-refractivity contribution < 1.29 is 4.79 Å².